The fraction of sp³-hybridized carbons (Fsp3) is 0.700. The number of carbonyl (C=O) groups excluding carboxylic acids is 2. The zero-order valence-corrected chi connectivity index (χ0v) is 26.0. The Hall–Kier alpha value is -2.15. The van der Waals surface area contributed by atoms with Crippen molar-refractivity contribution in [2.75, 3.05) is 6.54 Å². The average molecular weight is 528 g/mol. The smallest absolute Gasteiger partial charge is 0.411 e. The van der Waals surface area contributed by atoms with E-state index in [1.165, 1.54) is 0 Å². The van der Waals surface area contributed by atoms with E-state index in [2.05, 4.69) is 65.8 Å². The molecule has 1 unspecified atom stereocenters. The van der Waals surface area contributed by atoms with Crippen molar-refractivity contribution in [2.45, 2.75) is 123 Å². The second kappa shape index (κ2) is 10.5. The van der Waals surface area contributed by atoms with Crippen LogP contribution in [0.15, 0.2) is 24.4 Å². The van der Waals surface area contributed by atoms with Crippen LogP contribution < -0.4 is 0 Å². The first-order valence-electron chi connectivity index (χ1n) is 14.1. The van der Waals surface area contributed by atoms with E-state index in [9.17, 15) is 9.59 Å². The number of ketones is 1. The Morgan fingerprint density at radius 2 is 1.62 bits per heavy atom. The minimum Gasteiger partial charge on any atom is -0.444 e. The van der Waals surface area contributed by atoms with Crippen molar-refractivity contribution >= 4 is 31.0 Å². The van der Waals surface area contributed by atoms with Crippen LogP contribution in [0.2, 0.25) is 16.6 Å². The molecular weight excluding hydrogens is 478 g/mol. The highest BCUT2D eigenvalue weighted by Crippen LogP contribution is 2.44. The van der Waals surface area contributed by atoms with E-state index in [-0.39, 0.29) is 11.7 Å². The third-order valence-corrected chi connectivity index (χ3v) is 14.9. The number of likely N-dealkylation sites (tertiary alicyclic amines) is 1. The Balaban J connectivity index is 2.09. The molecule has 6 nitrogen and oxygen atoms in total. The zero-order chi connectivity index (χ0) is 27.9. The summed E-state index contributed by atoms with van der Waals surface area (Å²) in [6, 6.07) is 6.03. The van der Waals surface area contributed by atoms with Gasteiger partial charge in [-0.25, -0.2) is 4.79 Å². The molecule has 206 valence electrons. The van der Waals surface area contributed by atoms with Crippen LogP contribution in [-0.4, -0.2) is 52.1 Å². The minimum atomic E-state index is -2.02. The van der Waals surface area contributed by atoms with Gasteiger partial charge in [-0.1, -0.05) is 55.4 Å². The van der Waals surface area contributed by atoms with Gasteiger partial charge in [0.15, 0.2) is 14.0 Å². The number of benzene rings is 1. The summed E-state index contributed by atoms with van der Waals surface area (Å²) < 4.78 is 8.09. The molecule has 0 radical (unpaired) electrons. The lowest BCUT2D eigenvalue weighted by Gasteiger charge is -2.43. The molecule has 1 aliphatic heterocycles. The van der Waals surface area contributed by atoms with Crippen molar-refractivity contribution in [3.63, 3.8) is 0 Å². The largest absolute Gasteiger partial charge is 0.444 e. The maximum atomic E-state index is 14.3. The summed E-state index contributed by atoms with van der Waals surface area (Å²) in [5, 5.41) is 5.95. The molecule has 0 saturated carbocycles. The van der Waals surface area contributed by atoms with Crippen LogP contribution in [0.1, 0.15) is 106 Å². The normalized spacial score (nSPS) is 19.2. The number of fused-ring (bicyclic) bond motifs is 1. The number of hydrogen-bond acceptors (Lipinski definition) is 4. The highest BCUT2D eigenvalue weighted by molar-refractivity contribution is 6.82. The Morgan fingerprint density at radius 3 is 2.14 bits per heavy atom. The predicted molar refractivity (Wildman–Crippen MR) is 155 cm³/mol. The lowest BCUT2D eigenvalue weighted by Crippen LogP contribution is -2.55. The zero-order valence-electron chi connectivity index (χ0n) is 25.0. The van der Waals surface area contributed by atoms with Gasteiger partial charge in [0.05, 0.1) is 11.7 Å². The second-order valence-electron chi connectivity index (χ2n) is 13.4. The number of Topliss-reactive ketones (excluding diaryl/α,β-unsaturated/α-hetero) is 1. The third kappa shape index (κ3) is 5.25. The van der Waals surface area contributed by atoms with Gasteiger partial charge in [-0.2, -0.15) is 5.10 Å². The number of aromatic nitrogens is 2. The number of carbonyl (C=O) groups is 2. The van der Waals surface area contributed by atoms with Crippen molar-refractivity contribution in [3.05, 3.63) is 30.0 Å². The fourth-order valence-corrected chi connectivity index (χ4v) is 13.5. The van der Waals surface area contributed by atoms with Gasteiger partial charge in [0.2, 0.25) is 0 Å². The first-order valence-corrected chi connectivity index (χ1v) is 16.3. The topological polar surface area (TPSA) is 64.4 Å². The molecule has 1 aromatic heterocycles. The van der Waals surface area contributed by atoms with Crippen LogP contribution in [0.25, 0.3) is 10.9 Å². The van der Waals surface area contributed by atoms with Gasteiger partial charge in [-0.15, -0.1) is 0 Å². The lowest BCUT2D eigenvalue weighted by molar-refractivity contribution is 0.00563. The molecule has 2 aromatic rings. The standard InChI is InChI=1S/C30H49N3O3Si/c1-20(2)18-30(15-12-16-32(30)28(35)36-29(9,10)11)27(34)24-13-14-26-25(17-24)19-31-33(26)37(21(3)4,22(5)6)23(7)8/h13-14,17,19-23H,12,15-16,18H2,1-11H3. The van der Waals surface area contributed by atoms with Gasteiger partial charge >= 0.3 is 6.09 Å². The molecule has 2 heterocycles. The van der Waals surface area contributed by atoms with Gasteiger partial charge in [-0.05, 0) is 80.8 Å². The summed E-state index contributed by atoms with van der Waals surface area (Å²) in [5.74, 6) is 0.271. The van der Waals surface area contributed by atoms with E-state index < -0.39 is 25.5 Å². The van der Waals surface area contributed by atoms with E-state index in [4.69, 9.17) is 9.84 Å². The van der Waals surface area contributed by atoms with E-state index >= 15 is 0 Å². The monoisotopic (exact) mass is 527 g/mol. The van der Waals surface area contributed by atoms with Crippen LogP contribution in [0, 0.1) is 5.92 Å². The fourth-order valence-electron chi connectivity index (χ4n) is 7.16. The summed E-state index contributed by atoms with van der Waals surface area (Å²) in [7, 11) is -2.02. The maximum absolute atomic E-state index is 14.3. The molecule has 1 aliphatic rings. The van der Waals surface area contributed by atoms with Crippen molar-refractivity contribution < 1.29 is 14.3 Å². The Bertz CT molecular complexity index is 1110. The molecule has 0 N–H and O–H groups in total. The van der Waals surface area contributed by atoms with Crippen LogP contribution in [0.4, 0.5) is 4.79 Å². The number of rotatable bonds is 8. The molecule has 1 saturated heterocycles. The molecular formula is C30H49N3O3Si. The quantitative estimate of drug-likeness (QED) is 0.257. The summed E-state index contributed by atoms with van der Waals surface area (Å²) in [4.78, 5) is 29.3. The van der Waals surface area contributed by atoms with Gasteiger partial charge in [0, 0.05) is 17.5 Å². The summed E-state index contributed by atoms with van der Waals surface area (Å²) in [6.45, 7) is 24.4. The number of ether oxygens (including phenoxy) is 1. The average Bonchev–Trinajstić information content (AvgIpc) is 3.36. The van der Waals surface area contributed by atoms with Crippen LogP contribution in [0.5, 0.6) is 0 Å². The van der Waals surface area contributed by atoms with Gasteiger partial charge in [0.1, 0.15) is 11.1 Å². The Morgan fingerprint density at radius 1 is 1.03 bits per heavy atom. The van der Waals surface area contributed by atoms with Gasteiger partial charge in [0.25, 0.3) is 0 Å². The van der Waals surface area contributed by atoms with Crippen molar-refractivity contribution in [3.8, 4) is 0 Å². The van der Waals surface area contributed by atoms with E-state index in [0.717, 1.165) is 17.3 Å². The van der Waals surface area contributed by atoms with Crippen molar-refractivity contribution in [1.82, 2.24) is 14.3 Å². The first-order chi connectivity index (χ1) is 17.1. The lowest BCUT2D eigenvalue weighted by atomic mass is 9.80. The van der Waals surface area contributed by atoms with E-state index in [0.29, 0.717) is 41.6 Å². The number of amides is 1. The van der Waals surface area contributed by atoms with Crippen molar-refractivity contribution in [1.29, 1.82) is 0 Å². The number of hydrogen-bond donors (Lipinski definition) is 0. The molecule has 7 heteroatoms. The second-order valence-corrected chi connectivity index (χ2v) is 19.0. The molecule has 37 heavy (non-hydrogen) atoms. The van der Waals surface area contributed by atoms with Gasteiger partial charge in [-0.3, -0.25) is 14.0 Å². The van der Waals surface area contributed by atoms with Crippen LogP contribution >= 0.6 is 0 Å². The van der Waals surface area contributed by atoms with E-state index in [1.807, 2.05) is 39.1 Å². The molecule has 0 spiro atoms. The molecule has 1 atom stereocenters. The highest BCUT2D eigenvalue weighted by atomic mass is 28.3. The molecule has 0 aliphatic carbocycles. The third-order valence-electron chi connectivity index (χ3n) is 8.24. The SMILES string of the molecule is CC(C)CC1(C(=O)c2ccc3c(cnn3[Si](C(C)C)(C(C)C)C(C)C)c2)CCCN1C(=O)OC(C)(C)C. The Labute approximate surface area is 225 Å². The summed E-state index contributed by atoms with van der Waals surface area (Å²) >= 11 is 0. The van der Waals surface area contributed by atoms with Crippen LogP contribution in [-0.2, 0) is 4.74 Å². The Kier molecular flexibility index (Phi) is 8.38. The molecule has 1 amide bonds. The van der Waals surface area contributed by atoms with Gasteiger partial charge < -0.3 is 4.74 Å². The first kappa shape index (κ1) is 29.4. The minimum absolute atomic E-state index is 0.0132. The maximum Gasteiger partial charge on any atom is 0.411 e. The van der Waals surface area contributed by atoms with E-state index in [1.54, 1.807) is 4.90 Å². The van der Waals surface area contributed by atoms with Crippen LogP contribution in [0.3, 0.4) is 0 Å². The summed E-state index contributed by atoms with van der Waals surface area (Å²) in [6.07, 6.45) is 3.60. The predicted octanol–water partition coefficient (Wildman–Crippen LogP) is 8.06. The molecule has 1 aromatic carbocycles. The highest BCUT2D eigenvalue weighted by Gasteiger charge is 2.51. The summed E-state index contributed by atoms with van der Waals surface area (Å²) in [5.41, 5.74) is 1.82. The number of nitrogens with zero attached hydrogens (tertiary/aromatic N) is 3. The molecule has 0 bridgehead atoms. The van der Waals surface area contributed by atoms with Crippen molar-refractivity contribution in [2.24, 2.45) is 5.92 Å². The molecule has 1 fully saturated rings. The molecule has 3 rings (SSSR count).